The molecule has 0 aromatic carbocycles. The first-order valence-electron chi connectivity index (χ1n) is 39.7. The average molecular weight is 1330 g/mol. The van der Waals surface area contributed by atoms with E-state index in [1.165, 1.54) is 193 Å². The summed E-state index contributed by atoms with van der Waals surface area (Å²) in [6.07, 6.45) is 87.0. The summed E-state index contributed by atoms with van der Waals surface area (Å²) in [6, 6.07) is -1.03. The maximum Gasteiger partial charge on any atom is 0.306 e. The number of amides is 1. The molecule has 0 saturated carbocycles. The molecule has 11 nitrogen and oxygen atoms in total. The lowest BCUT2D eigenvalue weighted by Gasteiger charge is -2.41. The third-order valence-electron chi connectivity index (χ3n) is 18.2. The number of aliphatic hydroxyl groups excluding tert-OH is 5. The highest BCUT2D eigenvalue weighted by Gasteiger charge is 2.47. The minimum Gasteiger partial charge on any atom is -0.454 e. The Morgan fingerprint density at radius 1 is 0.421 bits per heavy atom. The average Bonchev–Trinajstić information content (AvgIpc) is 0.829. The van der Waals surface area contributed by atoms with Gasteiger partial charge >= 0.3 is 5.97 Å². The minimum absolute atomic E-state index is 0.119. The molecular weight excluding hydrogens is 1180 g/mol. The molecule has 8 atom stereocenters. The second-order valence-electron chi connectivity index (χ2n) is 27.1. The van der Waals surface area contributed by atoms with Gasteiger partial charge in [0.05, 0.1) is 25.4 Å². The van der Waals surface area contributed by atoms with Gasteiger partial charge in [-0.1, -0.05) is 342 Å². The first kappa shape index (κ1) is 89.3. The smallest absolute Gasteiger partial charge is 0.306 e. The molecule has 11 heteroatoms. The largest absolute Gasteiger partial charge is 0.454 e. The lowest BCUT2D eigenvalue weighted by molar-refractivity contribution is -0.305. The number of hydrogen-bond donors (Lipinski definition) is 6. The van der Waals surface area contributed by atoms with Gasteiger partial charge in [-0.05, 0) is 109 Å². The molecule has 1 saturated heterocycles. The molecule has 1 heterocycles. The number of unbranched alkanes of at least 4 members (excludes halogenated alkanes) is 38. The Morgan fingerprint density at radius 2 is 0.758 bits per heavy atom. The summed E-state index contributed by atoms with van der Waals surface area (Å²) in [7, 11) is 0. The van der Waals surface area contributed by atoms with Crippen LogP contribution in [-0.4, -0.2) is 99.6 Å². The third-order valence-corrected chi connectivity index (χ3v) is 18.2. The molecule has 95 heavy (non-hydrogen) atoms. The molecule has 0 aromatic rings. The Bertz CT molecular complexity index is 1970. The van der Waals surface area contributed by atoms with E-state index in [0.29, 0.717) is 12.8 Å². The van der Waals surface area contributed by atoms with Gasteiger partial charge in [0.25, 0.3) is 0 Å². The highest BCUT2D eigenvalue weighted by molar-refractivity contribution is 5.80. The highest BCUT2D eigenvalue weighted by atomic mass is 16.7. The van der Waals surface area contributed by atoms with E-state index in [2.05, 4.69) is 123 Å². The van der Waals surface area contributed by atoms with E-state index in [4.69, 9.17) is 14.2 Å². The molecule has 548 valence electrons. The van der Waals surface area contributed by atoms with Crippen molar-refractivity contribution < 1.29 is 49.3 Å². The fraction of sp³-hybridized carbons (Fsp3) is 0.762. The van der Waals surface area contributed by atoms with Gasteiger partial charge in [0.2, 0.25) is 5.91 Å². The van der Waals surface area contributed by atoms with E-state index in [1.54, 1.807) is 6.08 Å². The number of carbonyl (C=O) groups excluding carboxylic acids is 2. The molecule has 1 aliphatic heterocycles. The zero-order valence-corrected chi connectivity index (χ0v) is 61.3. The number of nitrogens with one attached hydrogen (secondary N) is 1. The van der Waals surface area contributed by atoms with Crippen molar-refractivity contribution in [3.05, 3.63) is 109 Å². The van der Waals surface area contributed by atoms with Crippen molar-refractivity contribution in [3.63, 3.8) is 0 Å². The maximum absolute atomic E-state index is 13.5. The van der Waals surface area contributed by atoms with Crippen LogP contribution in [0.15, 0.2) is 109 Å². The molecule has 0 spiro atoms. The summed E-state index contributed by atoms with van der Waals surface area (Å²) in [5, 5.41) is 57.5. The lowest BCUT2D eigenvalue weighted by atomic mass is 9.99. The van der Waals surface area contributed by atoms with Crippen molar-refractivity contribution >= 4 is 11.9 Å². The Labute approximate surface area is 583 Å². The SMILES string of the molecule is CC/C=C\C/C=C\C/C=C\C/C=C\C/C=C\CCCCCCCCCCCCC(O)C(=O)NC(COC1OC(CO)C(O)C(O)C1OC(=O)CCCCCCCCCCCCCCCC/C=C\C/C=C\C/C=C\CCCCC)C(O)/C=C/CCCCCCCCCCCCC. The standard InChI is InChI=1S/C84H147NO10/c1-4-7-10-13-16-19-22-25-27-29-31-33-35-37-39-41-43-45-47-49-51-54-57-60-63-66-69-72-79(89)95-82-81(91)80(90)78(73-86)94-84(82)93-74-75(76(87)70-67-64-61-58-55-52-24-21-18-15-12-9-6-3)85-83(92)77(88)71-68-65-62-59-56-53-50-48-46-44-42-40-38-36-34-32-30-28-26-23-20-17-14-11-8-5-2/h8,11,16-17,19-20,25-28,31-34,38,40,67,70,75-78,80-82,84,86-88,90-91H,4-7,9-10,12-15,18,21-24,29-30,35-37,39,41-66,68-69,71-74H2,1-3H3,(H,85,92)/b11-8-,19-16-,20-17-,27-25-,28-26-,33-31-,34-32-,40-38-,70-67+. The van der Waals surface area contributed by atoms with E-state index < -0.39 is 67.4 Å². The van der Waals surface area contributed by atoms with E-state index in [0.717, 1.165) is 109 Å². The molecule has 0 aromatic heterocycles. The quantitative estimate of drug-likeness (QED) is 0.0195. The fourth-order valence-corrected chi connectivity index (χ4v) is 12.0. The fourth-order valence-electron chi connectivity index (χ4n) is 12.0. The van der Waals surface area contributed by atoms with Gasteiger partial charge in [0.15, 0.2) is 12.4 Å². The summed E-state index contributed by atoms with van der Waals surface area (Å²) in [4.78, 5) is 26.8. The van der Waals surface area contributed by atoms with Crippen molar-refractivity contribution in [2.45, 2.75) is 397 Å². The van der Waals surface area contributed by atoms with Gasteiger partial charge in [-0.3, -0.25) is 9.59 Å². The molecule has 1 aliphatic rings. The molecule has 0 aliphatic carbocycles. The minimum atomic E-state index is -1.62. The zero-order chi connectivity index (χ0) is 68.8. The van der Waals surface area contributed by atoms with E-state index in [9.17, 15) is 35.1 Å². The Kier molecular flexibility index (Phi) is 66.0. The second-order valence-corrected chi connectivity index (χ2v) is 27.1. The van der Waals surface area contributed by atoms with Gasteiger partial charge < -0.3 is 45.1 Å². The van der Waals surface area contributed by atoms with E-state index in [1.807, 2.05) is 6.08 Å². The number of rotatable bonds is 68. The Balaban J connectivity index is 2.52. The van der Waals surface area contributed by atoms with Gasteiger partial charge in [0, 0.05) is 6.42 Å². The van der Waals surface area contributed by atoms with Crippen molar-refractivity contribution in [3.8, 4) is 0 Å². The molecule has 0 radical (unpaired) electrons. The summed E-state index contributed by atoms with van der Waals surface area (Å²) < 4.78 is 17.8. The summed E-state index contributed by atoms with van der Waals surface area (Å²) in [5.41, 5.74) is 0. The van der Waals surface area contributed by atoms with Crippen LogP contribution in [0.25, 0.3) is 0 Å². The molecular formula is C84H147NO10. The van der Waals surface area contributed by atoms with Crippen LogP contribution in [0.4, 0.5) is 0 Å². The van der Waals surface area contributed by atoms with Crippen molar-refractivity contribution in [1.29, 1.82) is 0 Å². The monoisotopic (exact) mass is 1330 g/mol. The van der Waals surface area contributed by atoms with Crippen molar-refractivity contribution in [1.82, 2.24) is 5.32 Å². The van der Waals surface area contributed by atoms with Crippen LogP contribution in [0.1, 0.15) is 348 Å². The van der Waals surface area contributed by atoms with Crippen LogP contribution in [0.5, 0.6) is 0 Å². The number of allylic oxidation sites excluding steroid dienone is 17. The summed E-state index contributed by atoms with van der Waals surface area (Å²) in [6.45, 7) is 5.69. The normalized spacial score (nSPS) is 18.3. The third kappa shape index (κ3) is 56.9. The topological polar surface area (TPSA) is 175 Å². The molecule has 1 amide bonds. The maximum atomic E-state index is 13.5. The Hall–Kier alpha value is -3.68. The van der Waals surface area contributed by atoms with Gasteiger partial charge in [-0.2, -0.15) is 0 Å². The second kappa shape index (κ2) is 70.2. The Morgan fingerprint density at radius 3 is 1.16 bits per heavy atom. The number of hydrogen-bond acceptors (Lipinski definition) is 10. The predicted molar refractivity (Wildman–Crippen MR) is 402 cm³/mol. The van der Waals surface area contributed by atoms with Crippen LogP contribution in [0, 0.1) is 0 Å². The highest BCUT2D eigenvalue weighted by Crippen LogP contribution is 2.27. The van der Waals surface area contributed by atoms with E-state index in [-0.39, 0.29) is 19.4 Å². The van der Waals surface area contributed by atoms with Gasteiger partial charge in [0.1, 0.15) is 24.4 Å². The van der Waals surface area contributed by atoms with Crippen molar-refractivity contribution in [2.75, 3.05) is 13.2 Å². The number of carbonyl (C=O) groups is 2. The van der Waals surface area contributed by atoms with Crippen LogP contribution >= 0.6 is 0 Å². The molecule has 1 fully saturated rings. The summed E-state index contributed by atoms with van der Waals surface area (Å²) in [5.74, 6) is -1.19. The van der Waals surface area contributed by atoms with Crippen LogP contribution in [0.2, 0.25) is 0 Å². The number of esters is 1. The molecule has 8 unspecified atom stereocenters. The first-order valence-corrected chi connectivity index (χ1v) is 39.7. The van der Waals surface area contributed by atoms with Gasteiger partial charge in [-0.25, -0.2) is 0 Å². The molecule has 1 rings (SSSR count). The molecule has 6 N–H and O–H groups in total. The van der Waals surface area contributed by atoms with Crippen LogP contribution < -0.4 is 5.32 Å². The van der Waals surface area contributed by atoms with E-state index >= 15 is 0 Å². The first-order chi connectivity index (χ1) is 46.7. The van der Waals surface area contributed by atoms with Crippen molar-refractivity contribution in [2.24, 2.45) is 0 Å². The van der Waals surface area contributed by atoms with Gasteiger partial charge in [-0.15, -0.1) is 0 Å². The number of aliphatic hydroxyl groups is 5. The zero-order valence-electron chi connectivity index (χ0n) is 61.3. The lowest BCUT2D eigenvalue weighted by Crippen LogP contribution is -2.61. The molecule has 0 bridgehead atoms. The van der Waals surface area contributed by atoms with Crippen LogP contribution in [0.3, 0.4) is 0 Å². The summed E-state index contributed by atoms with van der Waals surface area (Å²) >= 11 is 0. The predicted octanol–water partition coefficient (Wildman–Crippen LogP) is 21.5. The number of ether oxygens (including phenoxy) is 3. The van der Waals surface area contributed by atoms with Crippen LogP contribution in [-0.2, 0) is 23.8 Å².